The van der Waals surface area contributed by atoms with Crippen molar-refractivity contribution < 1.29 is 40.5 Å². The standard InChI is InChI=1S/C25H46NO4.BrH/c1-7-8-9-10-11-12-13-14-15-16-17-26(6,18-20-29-24(27)22(2)3)19-21-30-25(28)23(4)5;/h2,4,7-21H2,1,3,5-6H3;1H/q+1;/p-1. The molecule has 0 radical (unpaired) electrons. The molecule has 0 rings (SSSR count). The van der Waals surface area contributed by atoms with Crippen LogP contribution in [0.5, 0.6) is 0 Å². The number of nitrogens with zero attached hydrogens (tertiary/aromatic N) is 1. The molecule has 0 fully saturated rings. The summed E-state index contributed by atoms with van der Waals surface area (Å²) < 4.78 is 11.3. The maximum atomic E-state index is 11.6. The molecule has 0 saturated carbocycles. The van der Waals surface area contributed by atoms with Crippen molar-refractivity contribution in [3.05, 3.63) is 24.3 Å². The highest BCUT2D eigenvalue weighted by Gasteiger charge is 2.22. The van der Waals surface area contributed by atoms with Crippen LogP contribution in [0.25, 0.3) is 0 Å². The van der Waals surface area contributed by atoms with E-state index >= 15 is 0 Å². The first-order valence-electron chi connectivity index (χ1n) is 11.7. The average Bonchev–Trinajstić information content (AvgIpc) is 2.69. The predicted molar refractivity (Wildman–Crippen MR) is 124 cm³/mol. The Kier molecular flexibility index (Phi) is 20.2. The summed E-state index contributed by atoms with van der Waals surface area (Å²) in [6, 6.07) is 0. The fourth-order valence-electron chi connectivity index (χ4n) is 3.28. The van der Waals surface area contributed by atoms with Gasteiger partial charge in [-0.1, -0.05) is 71.4 Å². The number of halogens is 1. The van der Waals surface area contributed by atoms with Gasteiger partial charge in [0.05, 0.1) is 13.6 Å². The zero-order chi connectivity index (χ0) is 22.8. The maximum absolute atomic E-state index is 11.6. The van der Waals surface area contributed by atoms with Gasteiger partial charge in [-0.25, -0.2) is 9.59 Å². The molecule has 0 aromatic carbocycles. The van der Waals surface area contributed by atoms with Gasteiger partial charge in [-0.05, 0) is 26.7 Å². The summed E-state index contributed by atoms with van der Waals surface area (Å²) >= 11 is 0. The molecule has 0 atom stereocenters. The molecular formula is C25H46BrNO4. The van der Waals surface area contributed by atoms with Gasteiger partial charge in [0.1, 0.15) is 26.3 Å². The molecule has 0 heterocycles. The van der Waals surface area contributed by atoms with Gasteiger partial charge < -0.3 is 30.9 Å². The fraction of sp³-hybridized carbons (Fsp3) is 0.760. The van der Waals surface area contributed by atoms with Crippen molar-refractivity contribution in [2.45, 2.75) is 85.0 Å². The average molecular weight is 505 g/mol. The van der Waals surface area contributed by atoms with Gasteiger partial charge in [0.25, 0.3) is 0 Å². The minimum absolute atomic E-state index is 0. The molecule has 0 aliphatic rings. The second kappa shape index (κ2) is 19.5. The third kappa shape index (κ3) is 18.2. The minimum atomic E-state index is -0.353. The Morgan fingerprint density at radius 2 is 1.03 bits per heavy atom. The molecule has 0 aliphatic carbocycles. The smallest absolute Gasteiger partial charge is 0.333 e. The van der Waals surface area contributed by atoms with Crippen LogP contribution < -0.4 is 17.0 Å². The second-order valence-electron chi connectivity index (χ2n) is 8.80. The Hall–Kier alpha value is -1.14. The Labute approximate surface area is 201 Å². The molecule has 0 aliphatic heterocycles. The van der Waals surface area contributed by atoms with Crippen LogP contribution in [0.3, 0.4) is 0 Å². The number of carbonyl (C=O) groups excluding carboxylic acids is 2. The largest absolute Gasteiger partial charge is 1.00 e. The van der Waals surface area contributed by atoms with Crippen molar-refractivity contribution in [3.63, 3.8) is 0 Å². The van der Waals surface area contributed by atoms with E-state index in [0.29, 0.717) is 41.9 Å². The Bertz CT molecular complexity index is 502. The first-order valence-corrected chi connectivity index (χ1v) is 11.7. The number of rotatable bonds is 19. The van der Waals surface area contributed by atoms with Crippen LogP contribution in [0, 0.1) is 0 Å². The number of hydrogen-bond donors (Lipinski definition) is 0. The lowest BCUT2D eigenvalue weighted by Crippen LogP contribution is -3.00. The molecule has 182 valence electrons. The van der Waals surface area contributed by atoms with Crippen LogP contribution in [-0.4, -0.2) is 56.3 Å². The van der Waals surface area contributed by atoms with E-state index < -0.39 is 0 Å². The number of esters is 2. The first-order chi connectivity index (χ1) is 14.2. The van der Waals surface area contributed by atoms with Crippen LogP contribution in [0.15, 0.2) is 24.3 Å². The van der Waals surface area contributed by atoms with E-state index in [-0.39, 0.29) is 28.9 Å². The number of quaternary nitrogens is 1. The third-order valence-corrected chi connectivity index (χ3v) is 5.48. The van der Waals surface area contributed by atoms with Crippen molar-refractivity contribution in [1.29, 1.82) is 0 Å². The zero-order valence-corrected chi connectivity index (χ0v) is 22.1. The van der Waals surface area contributed by atoms with Gasteiger partial charge in [-0.2, -0.15) is 0 Å². The fourth-order valence-corrected chi connectivity index (χ4v) is 3.28. The minimum Gasteiger partial charge on any atom is -1.00 e. The molecule has 0 bridgehead atoms. The SMILES string of the molecule is C=C(C)C(=O)OCC[N+](C)(CCCCCCCCCCCC)CCOC(=O)C(=C)C.[Br-]. The van der Waals surface area contributed by atoms with Gasteiger partial charge in [0.15, 0.2) is 0 Å². The van der Waals surface area contributed by atoms with Crippen LogP contribution in [0.4, 0.5) is 0 Å². The number of ether oxygens (including phenoxy) is 2. The van der Waals surface area contributed by atoms with Crippen LogP contribution in [0.1, 0.15) is 85.0 Å². The normalized spacial score (nSPS) is 10.8. The van der Waals surface area contributed by atoms with Gasteiger partial charge in [0.2, 0.25) is 0 Å². The molecule has 31 heavy (non-hydrogen) atoms. The van der Waals surface area contributed by atoms with E-state index in [2.05, 4.69) is 27.1 Å². The summed E-state index contributed by atoms with van der Waals surface area (Å²) in [4.78, 5) is 23.3. The molecular weight excluding hydrogens is 458 g/mol. The van der Waals surface area contributed by atoms with Gasteiger partial charge >= 0.3 is 11.9 Å². The molecule has 0 unspecified atom stereocenters. The number of carbonyl (C=O) groups is 2. The van der Waals surface area contributed by atoms with E-state index in [1.165, 1.54) is 57.8 Å². The number of hydrogen-bond acceptors (Lipinski definition) is 4. The zero-order valence-electron chi connectivity index (χ0n) is 20.5. The number of likely N-dealkylation sites (N-methyl/N-ethyl adjacent to an activating group) is 1. The number of unbranched alkanes of at least 4 members (excludes halogenated alkanes) is 9. The predicted octanol–water partition coefficient (Wildman–Crippen LogP) is 2.60. The second-order valence-corrected chi connectivity index (χ2v) is 8.80. The Morgan fingerprint density at radius 1 is 0.677 bits per heavy atom. The van der Waals surface area contributed by atoms with Crippen molar-refractivity contribution in [2.24, 2.45) is 0 Å². The Morgan fingerprint density at radius 3 is 1.39 bits per heavy atom. The third-order valence-electron chi connectivity index (χ3n) is 5.48. The monoisotopic (exact) mass is 503 g/mol. The van der Waals surface area contributed by atoms with Crippen LogP contribution in [-0.2, 0) is 19.1 Å². The summed E-state index contributed by atoms with van der Waals surface area (Å²) in [6.07, 6.45) is 13.0. The lowest BCUT2D eigenvalue weighted by atomic mass is 10.1. The van der Waals surface area contributed by atoms with Gasteiger partial charge in [0, 0.05) is 11.1 Å². The topological polar surface area (TPSA) is 52.6 Å². The van der Waals surface area contributed by atoms with Crippen molar-refractivity contribution in [2.75, 3.05) is 39.9 Å². The van der Waals surface area contributed by atoms with Gasteiger partial charge in [-0.3, -0.25) is 0 Å². The quantitative estimate of drug-likeness (QED) is 0.118. The lowest BCUT2D eigenvalue weighted by Gasteiger charge is -2.34. The first kappa shape index (κ1) is 32.0. The highest BCUT2D eigenvalue weighted by molar-refractivity contribution is 5.87. The molecule has 0 spiro atoms. The summed E-state index contributed by atoms with van der Waals surface area (Å²) in [7, 11) is 2.14. The van der Waals surface area contributed by atoms with E-state index in [0.717, 1.165) is 13.0 Å². The maximum Gasteiger partial charge on any atom is 0.333 e. The van der Waals surface area contributed by atoms with E-state index in [1.807, 2.05) is 0 Å². The molecule has 6 heteroatoms. The van der Waals surface area contributed by atoms with Crippen molar-refractivity contribution in [1.82, 2.24) is 0 Å². The molecule has 0 N–H and O–H groups in total. The van der Waals surface area contributed by atoms with Crippen LogP contribution >= 0.6 is 0 Å². The highest BCUT2D eigenvalue weighted by Crippen LogP contribution is 2.13. The van der Waals surface area contributed by atoms with Crippen molar-refractivity contribution in [3.8, 4) is 0 Å². The molecule has 0 saturated heterocycles. The van der Waals surface area contributed by atoms with Gasteiger partial charge in [-0.15, -0.1) is 0 Å². The van der Waals surface area contributed by atoms with E-state index in [4.69, 9.17) is 9.47 Å². The molecule has 0 aromatic heterocycles. The van der Waals surface area contributed by atoms with E-state index in [9.17, 15) is 9.59 Å². The molecule has 5 nitrogen and oxygen atoms in total. The van der Waals surface area contributed by atoms with E-state index in [1.54, 1.807) is 13.8 Å². The lowest BCUT2D eigenvalue weighted by molar-refractivity contribution is -0.910. The van der Waals surface area contributed by atoms with Crippen LogP contribution in [0.2, 0.25) is 0 Å². The summed E-state index contributed by atoms with van der Waals surface area (Å²) in [5, 5.41) is 0. The summed E-state index contributed by atoms with van der Waals surface area (Å²) in [5.41, 5.74) is 0.823. The molecule has 0 amide bonds. The summed E-state index contributed by atoms with van der Waals surface area (Å²) in [5.74, 6) is -0.705. The Balaban J connectivity index is 0. The van der Waals surface area contributed by atoms with Crippen molar-refractivity contribution >= 4 is 11.9 Å². The molecule has 0 aromatic rings. The highest BCUT2D eigenvalue weighted by atomic mass is 79.9. The summed E-state index contributed by atoms with van der Waals surface area (Å²) in [6.45, 7) is 15.8.